The van der Waals surface area contributed by atoms with Crippen molar-refractivity contribution in [1.29, 1.82) is 0 Å². The third-order valence-corrected chi connectivity index (χ3v) is 3.85. The van der Waals surface area contributed by atoms with Gasteiger partial charge in [0.2, 0.25) is 0 Å². The Morgan fingerprint density at radius 1 is 1.18 bits per heavy atom. The predicted molar refractivity (Wildman–Crippen MR) is 54.1 cm³/mol. The summed E-state index contributed by atoms with van der Waals surface area (Å²) in [6.07, 6.45) is 4.35. The van der Waals surface area contributed by atoms with Crippen molar-refractivity contribution in [2.24, 2.45) is 11.3 Å². The molecule has 1 aliphatic rings. The van der Waals surface area contributed by atoms with Crippen LogP contribution in [0.3, 0.4) is 0 Å². The second-order valence-electron chi connectivity index (χ2n) is 4.63. The molecule has 1 rings (SSSR count). The van der Waals surface area contributed by atoms with Gasteiger partial charge in [0.1, 0.15) is 0 Å². The lowest BCUT2D eigenvalue weighted by Crippen LogP contribution is -2.21. The number of hydrogen-bond donors (Lipinski definition) is 0. The molecule has 0 bridgehead atoms. The van der Waals surface area contributed by atoms with E-state index in [4.69, 9.17) is 0 Å². The molecule has 1 saturated heterocycles. The lowest BCUT2D eigenvalue weighted by atomic mass is 9.79. The molecule has 1 atom stereocenters. The van der Waals surface area contributed by atoms with E-state index in [1.54, 1.807) is 0 Å². The molecule has 1 unspecified atom stereocenters. The fraction of sp³-hybridized carbons (Fsp3) is 1.00. The first-order valence-electron chi connectivity index (χ1n) is 4.68. The van der Waals surface area contributed by atoms with Crippen molar-refractivity contribution in [2.45, 2.75) is 40.0 Å². The lowest BCUT2D eigenvalue weighted by Gasteiger charge is -2.29. The molecule has 0 aromatic rings. The first-order valence-corrected chi connectivity index (χ1v) is 5.84. The number of thioether (sulfide) groups is 1. The SMILES string of the molecule is CC(C)(C)C1CCCCSC1. The van der Waals surface area contributed by atoms with E-state index in [9.17, 15) is 0 Å². The summed E-state index contributed by atoms with van der Waals surface area (Å²) >= 11 is 2.15. The molecule has 0 nitrogen and oxygen atoms in total. The van der Waals surface area contributed by atoms with Crippen molar-refractivity contribution >= 4 is 11.8 Å². The van der Waals surface area contributed by atoms with Gasteiger partial charge in [0.15, 0.2) is 0 Å². The van der Waals surface area contributed by atoms with Gasteiger partial charge in [0.25, 0.3) is 0 Å². The van der Waals surface area contributed by atoms with E-state index in [1.165, 1.54) is 30.8 Å². The van der Waals surface area contributed by atoms with Crippen LogP contribution < -0.4 is 0 Å². The molecule has 0 N–H and O–H groups in total. The zero-order valence-electron chi connectivity index (χ0n) is 8.02. The van der Waals surface area contributed by atoms with Gasteiger partial charge in [-0.05, 0) is 35.7 Å². The first kappa shape index (κ1) is 9.44. The van der Waals surface area contributed by atoms with Crippen LogP contribution >= 0.6 is 11.8 Å². The normalized spacial score (nSPS) is 28.1. The quantitative estimate of drug-likeness (QED) is 0.538. The molecular formula is C10H20S. The average Bonchev–Trinajstić information content (AvgIpc) is 2.10. The summed E-state index contributed by atoms with van der Waals surface area (Å²) < 4.78 is 0. The van der Waals surface area contributed by atoms with Gasteiger partial charge in [-0.1, -0.05) is 27.2 Å². The van der Waals surface area contributed by atoms with Gasteiger partial charge in [-0.2, -0.15) is 11.8 Å². The minimum Gasteiger partial charge on any atom is -0.162 e. The summed E-state index contributed by atoms with van der Waals surface area (Å²) in [6, 6.07) is 0. The Hall–Kier alpha value is 0.350. The Bertz CT molecular complexity index is 105. The molecule has 0 radical (unpaired) electrons. The molecular weight excluding hydrogens is 152 g/mol. The zero-order valence-corrected chi connectivity index (χ0v) is 8.84. The topological polar surface area (TPSA) is 0 Å². The van der Waals surface area contributed by atoms with Crippen molar-refractivity contribution in [3.8, 4) is 0 Å². The maximum atomic E-state index is 2.38. The predicted octanol–water partition coefficient (Wildman–Crippen LogP) is 3.57. The standard InChI is InChI=1S/C10H20S/c1-10(2,3)9-6-4-5-7-11-8-9/h9H,4-8H2,1-3H3. The van der Waals surface area contributed by atoms with E-state index in [2.05, 4.69) is 32.5 Å². The Labute approximate surface area is 75.1 Å². The molecule has 1 aliphatic heterocycles. The molecule has 0 aromatic carbocycles. The number of rotatable bonds is 0. The van der Waals surface area contributed by atoms with Crippen LogP contribution in [0.25, 0.3) is 0 Å². The third-order valence-electron chi connectivity index (χ3n) is 2.64. The van der Waals surface area contributed by atoms with E-state index in [-0.39, 0.29) is 0 Å². The van der Waals surface area contributed by atoms with Crippen LogP contribution in [0.4, 0.5) is 0 Å². The van der Waals surface area contributed by atoms with Crippen molar-refractivity contribution in [3.05, 3.63) is 0 Å². The van der Waals surface area contributed by atoms with E-state index >= 15 is 0 Å². The van der Waals surface area contributed by atoms with Crippen LogP contribution in [-0.2, 0) is 0 Å². The molecule has 1 heterocycles. The van der Waals surface area contributed by atoms with E-state index in [0.29, 0.717) is 5.41 Å². The van der Waals surface area contributed by atoms with Gasteiger partial charge >= 0.3 is 0 Å². The van der Waals surface area contributed by atoms with Crippen LogP contribution in [0.5, 0.6) is 0 Å². The summed E-state index contributed by atoms with van der Waals surface area (Å²) in [5, 5.41) is 0. The largest absolute Gasteiger partial charge is 0.162 e. The van der Waals surface area contributed by atoms with Crippen LogP contribution in [0.2, 0.25) is 0 Å². The van der Waals surface area contributed by atoms with Gasteiger partial charge < -0.3 is 0 Å². The summed E-state index contributed by atoms with van der Waals surface area (Å²) in [5.74, 6) is 3.74. The maximum absolute atomic E-state index is 2.38. The second-order valence-corrected chi connectivity index (χ2v) is 5.78. The maximum Gasteiger partial charge on any atom is -0.00341 e. The fourth-order valence-electron chi connectivity index (χ4n) is 1.59. The van der Waals surface area contributed by atoms with Crippen LogP contribution in [0.1, 0.15) is 40.0 Å². The molecule has 0 amide bonds. The molecule has 0 aliphatic carbocycles. The van der Waals surface area contributed by atoms with Crippen molar-refractivity contribution < 1.29 is 0 Å². The smallest absolute Gasteiger partial charge is 0.00341 e. The molecule has 1 heteroatoms. The van der Waals surface area contributed by atoms with Crippen molar-refractivity contribution in [2.75, 3.05) is 11.5 Å². The van der Waals surface area contributed by atoms with Crippen LogP contribution in [-0.4, -0.2) is 11.5 Å². The Morgan fingerprint density at radius 3 is 2.55 bits per heavy atom. The monoisotopic (exact) mass is 172 g/mol. The minimum atomic E-state index is 0.539. The molecule has 0 saturated carbocycles. The Morgan fingerprint density at radius 2 is 1.91 bits per heavy atom. The van der Waals surface area contributed by atoms with E-state index < -0.39 is 0 Å². The second kappa shape index (κ2) is 3.84. The highest BCUT2D eigenvalue weighted by Gasteiger charge is 2.24. The highest BCUT2D eigenvalue weighted by molar-refractivity contribution is 7.99. The van der Waals surface area contributed by atoms with Gasteiger partial charge in [-0.15, -0.1) is 0 Å². The fourth-order valence-corrected chi connectivity index (χ4v) is 3.11. The first-order chi connectivity index (χ1) is 5.11. The summed E-state index contributed by atoms with van der Waals surface area (Å²) in [6.45, 7) is 7.14. The highest BCUT2D eigenvalue weighted by Crippen LogP contribution is 2.35. The summed E-state index contributed by atoms with van der Waals surface area (Å²) in [4.78, 5) is 0. The van der Waals surface area contributed by atoms with E-state index in [0.717, 1.165) is 5.92 Å². The van der Waals surface area contributed by atoms with Gasteiger partial charge in [-0.3, -0.25) is 0 Å². The highest BCUT2D eigenvalue weighted by atomic mass is 32.2. The Kier molecular flexibility index (Phi) is 3.29. The van der Waals surface area contributed by atoms with Crippen molar-refractivity contribution in [1.82, 2.24) is 0 Å². The minimum absolute atomic E-state index is 0.539. The molecule has 0 spiro atoms. The summed E-state index contributed by atoms with van der Waals surface area (Å²) in [7, 11) is 0. The van der Waals surface area contributed by atoms with Crippen LogP contribution in [0.15, 0.2) is 0 Å². The lowest BCUT2D eigenvalue weighted by molar-refractivity contribution is 0.250. The molecule has 11 heavy (non-hydrogen) atoms. The zero-order chi connectivity index (χ0) is 8.32. The van der Waals surface area contributed by atoms with Crippen molar-refractivity contribution in [3.63, 3.8) is 0 Å². The van der Waals surface area contributed by atoms with Gasteiger partial charge in [0.05, 0.1) is 0 Å². The third kappa shape index (κ3) is 3.06. The number of hydrogen-bond acceptors (Lipinski definition) is 1. The summed E-state index contributed by atoms with van der Waals surface area (Å²) in [5.41, 5.74) is 0.539. The van der Waals surface area contributed by atoms with Gasteiger partial charge in [-0.25, -0.2) is 0 Å². The molecule has 66 valence electrons. The Balaban J connectivity index is 2.43. The van der Waals surface area contributed by atoms with E-state index in [1.807, 2.05) is 0 Å². The van der Waals surface area contributed by atoms with Gasteiger partial charge in [0, 0.05) is 0 Å². The van der Waals surface area contributed by atoms with Crippen LogP contribution in [0, 0.1) is 11.3 Å². The molecule has 0 aromatic heterocycles. The molecule has 1 fully saturated rings. The average molecular weight is 172 g/mol.